The first-order valence-electron chi connectivity index (χ1n) is 7.77. The molecule has 1 heterocycles. The van der Waals surface area contributed by atoms with Gasteiger partial charge in [-0.2, -0.15) is 0 Å². The lowest BCUT2D eigenvalue weighted by atomic mass is 9.98. The third-order valence-corrected chi connectivity index (χ3v) is 3.75. The van der Waals surface area contributed by atoms with Gasteiger partial charge in [0.2, 0.25) is 12.2 Å². The molecule has 2 rings (SSSR count). The Labute approximate surface area is 159 Å². The number of esters is 3. The molecule has 0 aliphatic carbocycles. The fraction of sp³-hybridized carbons (Fsp3) is 0.353. The Bertz CT molecular complexity index is 755. The number of halogens is 1. The maximum Gasteiger partial charge on any atom is 0.303 e. The zero-order valence-electron chi connectivity index (χ0n) is 14.6. The molecular formula is C17H16ClNO8. The van der Waals surface area contributed by atoms with Gasteiger partial charge in [-0.3, -0.25) is 24.0 Å². The quantitative estimate of drug-likeness (QED) is 0.420. The Kier molecular flexibility index (Phi) is 6.17. The van der Waals surface area contributed by atoms with Gasteiger partial charge in [-0.25, -0.2) is 4.90 Å². The fourth-order valence-electron chi connectivity index (χ4n) is 2.56. The van der Waals surface area contributed by atoms with E-state index in [0.717, 1.165) is 20.8 Å². The van der Waals surface area contributed by atoms with Crippen molar-refractivity contribution in [1.82, 2.24) is 0 Å². The number of imide groups is 1. The monoisotopic (exact) mass is 397 g/mol. The lowest BCUT2D eigenvalue weighted by Crippen LogP contribution is -2.65. The second kappa shape index (κ2) is 8.17. The maximum atomic E-state index is 12.8. The molecular weight excluding hydrogens is 382 g/mol. The van der Waals surface area contributed by atoms with E-state index in [1.54, 1.807) is 0 Å². The highest BCUT2D eigenvalue weighted by Gasteiger charge is 2.54. The number of benzene rings is 1. The highest BCUT2D eigenvalue weighted by Crippen LogP contribution is 2.29. The summed E-state index contributed by atoms with van der Waals surface area (Å²) in [7, 11) is 0. The number of carbonyl (C=O) groups excluding carboxylic acids is 5. The van der Waals surface area contributed by atoms with Crippen LogP contribution in [0.5, 0.6) is 0 Å². The lowest BCUT2D eigenvalue weighted by Gasteiger charge is -2.39. The number of carbonyl (C=O) groups is 5. The second-order valence-electron chi connectivity index (χ2n) is 5.62. The molecule has 2 amide bonds. The van der Waals surface area contributed by atoms with Crippen LogP contribution in [0.1, 0.15) is 20.8 Å². The van der Waals surface area contributed by atoms with Crippen molar-refractivity contribution in [2.75, 3.05) is 4.90 Å². The summed E-state index contributed by atoms with van der Waals surface area (Å²) >= 11 is 5.81. The Morgan fingerprint density at radius 3 is 1.59 bits per heavy atom. The van der Waals surface area contributed by atoms with Crippen LogP contribution in [0.2, 0.25) is 5.02 Å². The number of piperidine rings is 1. The standard InChI is InChI=1S/C17H16ClNO8/c1-8(20)25-13-14(26-9(2)21)16(23)19(12-6-4-11(18)5-7-12)17(24)15(13)27-10(3)22/h4-7,13-15H,1-3H3/t14-,15-/m0/s1. The molecule has 0 unspecified atom stereocenters. The van der Waals surface area contributed by atoms with Gasteiger partial charge in [0.25, 0.3) is 11.8 Å². The van der Waals surface area contributed by atoms with E-state index < -0.39 is 48.0 Å². The number of anilines is 1. The minimum Gasteiger partial charge on any atom is -0.453 e. The predicted molar refractivity (Wildman–Crippen MR) is 90.6 cm³/mol. The highest BCUT2D eigenvalue weighted by molar-refractivity contribution is 6.30. The summed E-state index contributed by atoms with van der Waals surface area (Å²) in [5.74, 6) is -4.45. The van der Waals surface area contributed by atoms with E-state index in [0.29, 0.717) is 9.92 Å². The average molecular weight is 398 g/mol. The van der Waals surface area contributed by atoms with Gasteiger partial charge in [0.1, 0.15) is 0 Å². The van der Waals surface area contributed by atoms with E-state index in [1.807, 2.05) is 0 Å². The number of ether oxygens (including phenoxy) is 3. The van der Waals surface area contributed by atoms with Crippen molar-refractivity contribution in [2.45, 2.75) is 39.1 Å². The summed E-state index contributed by atoms with van der Waals surface area (Å²) in [6.07, 6.45) is -4.97. The molecule has 27 heavy (non-hydrogen) atoms. The van der Waals surface area contributed by atoms with E-state index in [1.165, 1.54) is 24.3 Å². The van der Waals surface area contributed by atoms with E-state index >= 15 is 0 Å². The molecule has 1 aliphatic rings. The van der Waals surface area contributed by atoms with Crippen molar-refractivity contribution in [3.63, 3.8) is 0 Å². The molecule has 0 bridgehead atoms. The number of rotatable bonds is 4. The van der Waals surface area contributed by atoms with Crippen LogP contribution in [-0.2, 0) is 38.2 Å². The molecule has 2 atom stereocenters. The summed E-state index contributed by atoms with van der Waals surface area (Å²) in [4.78, 5) is 60.7. The van der Waals surface area contributed by atoms with Crippen LogP contribution >= 0.6 is 11.6 Å². The van der Waals surface area contributed by atoms with Crippen LogP contribution in [0.25, 0.3) is 0 Å². The van der Waals surface area contributed by atoms with Gasteiger partial charge in [-0.05, 0) is 24.3 Å². The molecule has 9 nitrogen and oxygen atoms in total. The number of hydrogen-bond donors (Lipinski definition) is 0. The number of hydrogen-bond acceptors (Lipinski definition) is 8. The van der Waals surface area contributed by atoms with Crippen LogP contribution in [0.3, 0.4) is 0 Å². The van der Waals surface area contributed by atoms with Crippen molar-refractivity contribution in [3.8, 4) is 0 Å². The Morgan fingerprint density at radius 2 is 1.22 bits per heavy atom. The van der Waals surface area contributed by atoms with E-state index in [-0.39, 0.29) is 5.69 Å². The van der Waals surface area contributed by atoms with Crippen LogP contribution in [0.4, 0.5) is 5.69 Å². The zero-order chi connectivity index (χ0) is 20.3. The SMILES string of the molecule is CC(=O)OC1[C@H](OC(C)=O)C(=O)N(c2ccc(Cl)cc2)C(=O)[C@H]1OC(C)=O. The number of amides is 2. The van der Waals surface area contributed by atoms with Gasteiger partial charge in [0, 0.05) is 25.8 Å². The fourth-order valence-corrected chi connectivity index (χ4v) is 2.68. The van der Waals surface area contributed by atoms with Gasteiger partial charge in [0.05, 0.1) is 5.69 Å². The highest BCUT2D eigenvalue weighted by atomic mass is 35.5. The molecule has 144 valence electrons. The van der Waals surface area contributed by atoms with Crippen molar-refractivity contribution >= 4 is 47.0 Å². The molecule has 0 saturated carbocycles. The molecule has 0 radical (unpaired) electrons. The van der Waals surface area contributed by atoms with E-state index in [9.17, 15) is 24.0 Å². The van der Waals surface area contributed by atoms with Crippen LogP contribution in [0.15, 0.2) is 24.3 Å². The van der Waals surface area contributed by atoms with E-state index in [2.05, 4.69) is 0 Å². The topological polar surface area (TPSA) is 116 Å². The molecule has 0 aromatic heterocycles. The first kappa shape index (κ1) is 20.4. The minimum atomic E-state index is -1.68. The summed E-state index contributed by atoms with van der Waals surface area (Å²) < 4.78 is 14.9. The molecule has 0 spiro atoms. The van der Waals surface area contributed by atoms with E-state index in [4.69, 9.17) is 25.8 Å². The van der Waals surface area contributed by atoms with Crippen LogP contribution < -0.4 is 4.90 Å². The van der Waals surface area contributed by atoms with Crippen molar-refractivity contribution in [2.24, 2.45) is 0 Å². The largest absolute Gasteiger partial charge is 0.453 e. The Balaban J connectivity index is 2.53. The molecule has 1 aliphatic heterocycles. The second-order valence-corrected chi connectivity index (χ2v) is 6.06. The summed E-state index contributed by atoms with van der Waals surface area (Å²) in [6.45, 7) is 3.13. The van der Waals surface area contributed by atoms with Crippen molar-refractivity contribution in [1.29, 1.82) is 0 Å². The molecule has 0 N–H and O–H groups in total. The van der Waals surface area contributed by atoms with Crippen LogP contribution in [0, 0.1) is 0 Å². The molecule has 1 aromatic carbocycles. The minimum absolute atomic E-state index is 0.116. The van der Waals surface area contributed by atoms with Gasteiger partial charge < -0.3 is 14.2 Å². The first-order chi connectivity index (χ1) is 12.6. The Hall–Kier alpha value is -2.94. The summed E-state index contributed by atoms with van der Waals surface area (Å²) in [6, 6.07) is 5.66. The smallest absolute Gasteiger partial charge is 0.303 e. The molecule has 1 saturated heterocycles. The lowest BCUT2D eigenvalue weighted by molar-refractivity contribution is -0.191. The third kappa shape index (κ3) is 4.62. The normalized spacial score (nSPS) is 20.2. The average Bonchev–Trinajstić information content (AvgIpc) is 2.56. The van der Waals surface area contributed by atoms with Gasteiger partial charge in [-0.15, -0.1) is 0 Å². The zero-order valence-corrected chi connectivity index (χ0v) is 15.4. The molecule has 1 aromatic rings. The number of nitrogens with zero attached hydrogens (tertiary/aromatic N) is 1. The van der Waals surface area contributed by atoms with Crippen LogP contribution in [-0.4, -0.2) is 48.0 Å². The predicted octanol–water partition coefficient (Wildman–Crippen LogP) is 1.01. The first-order valence-corrected chi connectivity index (χ1v) is 8.14. The third-order valence-electron chi connectivity index (χ3n) is 3.50. The molecule has 10 heteroatoms. The summed E-state index contributed by atoms with van der Waals surface area (Å²) in [5.41, 5.74) is 0.116. The van der Waals surface area contributed by atoms with Crippen molar-refractivity contribution < 1.29 is 38.2 Å². The van der Waals surface area contributed by atoms with Gasteiger partial charge in [-0.1, -0.05) is 11.6 Å². The summed E-state index contributed by atoms with van der Waals surface area (Å²) in [5, 5.41) is 0.363. The van der Waals surface area contributed by atoms with Gasteiger partial charge >= 0.3 is 17.9 Å². The van der Waals surface area contributed by atoms with Crippen molar-refractivity contribution in [3.05, 3.63) is 29.3 Å². The maximum absolute atomic E-state index is 12.8. The molecule has 1 fully saturated rings. The Morgan fingerprint density at radius 1 is 0.815 bits per heavy atom. The van der Waals surface area contributed by atoms with Gasteiger partial charge in [0.15, 0.2) is 6.10 Å².